The van der Waals surface area contributed by atoms with Gasteiger partial charge in [-0.25, -0.2) is 4.98 Å². The largest absolute Gasteiger partial charge is 0.394 e. The van der Waals surface area contributed by atoms with E-state index in [1.165, 1.54) is 20.8 Å². The maximum Gasteiger partial charge on any atom is 0.293 e. The number of nitrogens with one attached hydrogen (secondary N) is 1. The standard InChI is InChI=1S/C27H30N6O4S/c1-27(2,3)22-10-16-12-33(25(36)23(16)38-22)21-7-5-6-18(19(21)15-35)20-14-31(4)26(37)24(30-20)29-17-11-28-32(13-17)8-9-34/h5-7,10-11,13-14,34-35H,8-9,12,15H2,1-4H3,(H,29,30). The fraction of sp³-hybridized carbons (Fsp3) is 0.333. The van der Waals surface area contributed by atoms with Crippen molar-refractivity contribution in [1.82, 2.24) is 19.3 Å². The average molecular weight is 535 g/mol. The fourth-order valence-electron chi connectivity index (χ4n) is 4.50. The number of carbonyl (C=O) groups excluding carboxylic acids is 1. The molecule has 38 heavy (non-hydrogen) atoms. The minimum Gasteiger partial charge on any atom is -0.394 e. The molecule has 0 atom stereocenters. The molecule has 0 saturated carbocycles. The summed E-state index contributed by atoms with van der Waals surface area (Å²) in [5.41, 5.74) is 3.45. The van der Waals surface area contributed by atoms with Crippen molar-refractivity contribution in [2.45, 2.75) is 45.9 Å². The van der Waals surface area contributed by atoms with Crippen molar-refractivity contribution in [1.29, 1.82) is 0 Å². The molecule has 1 aliphatic heterocycles. The summed E-state index contributed by atoms with van der Waals surface area (Å²) in [6.07, 6.45) is 4.83. The molecule has 11 heteroatoms. The molecule has 4 heterocycles. The highest BCUT2D eigenvalue weighted by Crippen LogP contribution is 2.41. The van der Waals surface area contributed by atoms with Crippen molar-refractivity contribution >= 4 is 34.4 Å². The second-order valence-corrected chi connectivity index (χ2v) is 11.4. The molecule has 198 valence electrons. The highest BCUT2D eigenvalue weighted by molar-refractivity contribution is 7.14. The van der Waals surface area contributed by atoms with Crippen LogP contribution in [0.1, 0.15) is 46.4 Å². The Labute approximate surface area is 223 Å². The maximum atomic E-state index is 13.4. The van der Waals surface area contributed by atoms with E-state index in [0.717, 1.165) is 10.4 Å². The number of aromatic nitrogens is 4. The summed E-state index contributed by atoms with van der Waals surface area (Å²) in [7, 11) is 1.63. The summed E-state index contributed by atoms with van der Waals surface area (Å²) in [4.78, 5) is 34.4. The average Bonchev–Trinajstić information content (AvgIpc) is 3.58. The van der Waals surface area contributed by atoms with Crippen LogP contribution in [0.3, 0.4) is 0 Å². The number of aliphatic hydroxyl groups is 2. The van der Waals surface area contributed by atoms with Crippen molar-refractivity contribution in [2.75, 3.05) is 16.8 Å². The van der Waals surface area contributed by atoms with Crippen LogP contribution >= 0.6 is 11.3 Å². The van der Waals surface area contributed by atoms with Crippen molar-refractivity contribution < 1.29 is 15.0 Å². The number of aryl methyl sites for hydroxylation is 1. The van der Waals surface area contributed by atoms with Crippen molar-refractivity contribution in [2.24, 2.45) is 7.05 Å². The summed E-state index contributed by atoms with van der Waals surface area (Å²) in [6, 6.07) is 7.57. The molecule has 0 aliphatic carbocycles. The third-order valence-electron chi connectivity index (χ3n) is 6.49. The number of carbonyl (C=O) groups is 1. The molecule has 0 fully saturated rings. The smallest absolute Gasteiger partial charge is 0.293 e. The zero-order valence-corrected chi connectivity index (χ0v) is 22.5. The molecule has 10 nitrogen and oxygen atoms in total. The van der Waals surface area contributed by atoms with E-state index in [1.54, 1.807) is 35.2 Å². The van der Waals surface area contributed by atoms with E-state index in [4.69, 9.17) is 5.11 Å². The Kier molecular flexibility index (Phi) is 6.68. The number of aliphatic hydroxyl groups excluding tert-OH is 2. The number of fused-ring (bicyclic) bond motifs is 1. The van der Waals surface area contributed by atoms with E-state index in [9.17, 15) is 14.7 Å². The predicted molar refractivity (Wildman–Crippen MR) is 147 cm³/mol. The van der Waals surface area contributed by atoms with Crippen molar-refractivity contribution in [3.8, 4) is 11.3 Å². The third kappa shape index (κ3) is 4.64. The van der Waals surface area contributed by atoms with Gasteiger partial charge in [-0.3, -0.25) is 14.3 Å². The van der Waals surface area contributed by atoms with Gasteiger partial charge in [-0.1, -0.05) is 32.9 Å². The molecule has 4 aromatic rings. The first-order valence-electron chi connectivity index (χ1n) is 12.3. The first-order chi connectivity index (χ1) is 18.1. The summed E-state index contributed by atoms with van der Waals surface area (Å²) in [5, 5.41) is 26.7. The Morgan fingerprint density at radius 1 is 1.16 bits per heavy atom. The zero-order chi connectivity index (χ0) is 27.2. The number of nitrogens with zero attached hydrogens (tertiary/aromatic N) is 5. The lowest BCUT2D eigenvalue weighted by atomic mass is 9.94. The topological polar surface area (TPSA) is 126 Å². The number of thiophene rings is 1. The Bertz CT molecular complexity index is 1580. The molecule has 0 unspecified atom stereocenters. The Balaban J connectivity index is 1.51. The van der Waals surface area contributed by atoms with Gasteiger partial charge >= 0.3 is 0 Å². The number of hydrogen-bond donors (Lipinski definition) is 3. The second kappa shape index (κ2) is 9.82. The third-order valence-corrected chi connectivity index (χ3v) is 8.08. The molecule has 1 aromatic carbocycles. The van der Waals surface area contributed by atoms with Crippen LogP contribution < -0.4 is 15.8 Å². The molecular weight excluding hydrogens is 504 g/mol. The summed E-state index contributed by atoms with van der Waals surface area (Å²) < 4.78 is 2.98. The first kappa shape index (κ1) is 25.8. The van der Waals surface area contributed by atoms with Gasteiger partial charge < -0.3 is 25.0 Å². The van der Waals surface area contributed by atoms with Crippen LogP contribution in [0.2, 0.25) is 0 Å². The van der Waals surface area contributed by atoms with Crippen LogP contribution in [0.15, 0.2) is 47.7 Å². The molecule has 3 aromatic heterocycles. The lowest BCUT2D eigenvalue weighted by Crippen LogP contribution is -2.25. The van der Waals surface area contributed by atoms with E-state index >= 15 is 0 Å². The van der Waals surface area contributed by atoms with Crippen LogP contribution in [0.5, 0.6) is 0 Å². The lowest BCUT2D eigenvalue weighted by Gasteiger charge is -2.22. The van der Waals surface area contributed by atoms with Crippen LogP contribution in [-0.4, -0.2) is 42.1 Å². The molecule has 5 rings (SSSR count). The van der Waals surface area contributed by atoms with Crippen LogP contribution in [0.4, 0.5) is 17.2 Å². The minimum atomic E-state index is -0.334. The van der Waals surface area contributed by atoms with Gasteiger partial charge in [0.05, 0.1) is 54.4 Å². The first-order valence-corrected chi connectivity index (χ1v) is 13.1. The maximum absolute atomic E-state index is 13.4. The fourth-order valence-corrected chi connectivity index (χ4v) is 5.68. The summed E-state index contributed by atoms with van der Waals surface area (Å²) in [6.45, 7) is 6.80. The van der Waals surface area contributed by atoms with E-state index in [1.807, 2.05) is 18.2 Å². The number of benzene rings is 1. The van der Waals surface area contributed by atoms with Gasteiger partial charge in [-0.15, -0.1) is 11.3 Å². The van der Waals surface area contributed by atoms with Gasteiger partial charge in [-0.05, 0) is 23.1 Å². The lowest BCUT2D eigenvalue weighted by molar-refractivity contribution is 0.0999. The van der Waals surface area contributed by atoms with E-state index in [-0.39, 0.29) is 35.9 Å². The molecule has 0 bridgehead atoms. The van der Waals surface area contributed by atoms with E-state index < -0.39 is 0 Å². The molecule has 0 spiro atoms. The number of amides is 1. The molecule has 3 N–H and O–H groups in total. The van der Waals surface area contributed by atoms with E-state index in [0.29, 0.717) is 41.3 Å². The summed E-state index contributed by atoms with van der Waals surface area (Å²) in [5.74, 6) is 0.0139. The molecule has 0 radical (unpaired) electrons. The SMILES string of the molecule is Cn1cc(-c2cccc(N3Cc4cc(C(C)(C)C)sc4C3=O)c2CO)nc(Nc2cnn(CCO)c2)c1=O. The number of rotatable bonds is 7. The minimum absolute atomic E-state index is 0.0333. The van der Waals surface area contributed by atoms with Gasteiger partial charge in [-0.2, -0.15) is 5.10 Å². The van der Waals surface area contributed by atoms with Crippen LogP contribution in [-0.2, 0) is 32.2 Å². The molecular formula is C27H30N6O4S. The van der Waals surface area contributed by atoms with Crippen molar-refractivity contribution in [3.05, 3.63) is 74.1 Å². The van der Waals surface area contributed by atoms with Crippen LogP contribution in [0, 0.1) is 0 Å². The normalized spacial score (nSPS) is 13.3. The highest BCUT2D eigenvalue weighted by Gasteiger charge is 2.34. The van der Waals surface area contributed by atoms with E-state index in [2.05, 4.69) is 42.2 Å². The molecule has 0 saturated heterocycles. The zero-order valence-electron chi connectivity index (χ0n) is 21.7. The van der Waals surface area contributed by atoms with Crippen LogP contribution in [0.25, 0.3) is 11.3 Å². The highest BCUT2D eigenvalue weighted by atomic mass is 32.1. The van der Waals surface area contributed by atoms with Gasteiger partial charge in [0.2, 0.25) is 0 Å². The van der Waals surface area contributed by atoms with Gasteiger partial charge in [0.15, 0.2) is 5.82 Å². The van der Waals surface area contributed by atoms with Crippen molar-refractivity contribution in [3.63, 3.8) is 0 Å². The number of hydrogen-bond acceptors (Lipinski definition) is 8. The van der Waals surface area contributed by atoms with Gasteiger partial charge in [0.1, 0.15) is 0 Å². The molecule has 1 aliphatic rings. The Morgan fingerprint density at radius 3 is 2.63 bits per heavy atom. The number of anilines is 3. The van der Waals surface area contributed by atoms with Gasteiger partial charge in [0, 0.05) is 35.4 Å². The molecule has 1 amide bonds. The quantitative estimate of drug-likeness (QED) is 0.332. The van der Waals surface area contributed by atoms with Gasteiger partial charge in [0.25, 0.3) is 11.5 Å². The predicted octanol–water partition coefficient (Wildman–Crippen LogP) is 3.39. The Hall–Kier alpha value is -3.80. The summed E-state index contributed by atoms with van der Waals surface area (Å²) >= 11 is 1.53. The monoisotopic (exact) mass is 534 g/mol. The Morgan fingerprint density at radius 2 is 1.95 bits per heavy atom. The second-order valence-electron chi connectivity index (χ2n) is 10.3.